The predicted octanol–water partition coefficient (Wildman–Crippen LogP) is 0.571. The molecule has 0 spiro atoms. The molecular weight excluding hydrogens is 166 g/mol. The maximum Gasteiger partial charge on any atom is 0.120 e. The van der Waals surface area contributed by atoms with Gasteiger partial charge in [0.25, 0.3) is 0 Å². The quantitative estimate of drug-likeness (QED) is 0.591. The molecule has 3 N–H and O–H groups in total. The Bertz CT molecular complexity index is 312. The molecular formula is C10H13NO2. The molecule has 0 aromatic heterocycles. The summed E-state index contributed by atoms with van der Waals surface area (Å²) in [6.45, 7) is 0.895. The highest BCUT2D eigenvalue weighted by Crippen LogP contribution is 2.30. The second kappa shape index (κ2) is 3.36. The van der Waals surface area contributed by atoms with Crippen LogP contribution in [0.1, 0.15) is 17.2 Å². The zero-order valence-corrected chi connectivity index (χ0v) is 7.33. The number of nitrogens with one attached hydrogen (secondary N) is 1. The van der Waals surface area contributed by atoms with Crippen molar-refractivity contribution >= 4 is 0 Å². The van der Waals surface area contributed by atoms with E-state index in [2.05, 4.69) is 5.32 Å². The van der Waals surface area contributed by atoms with Crippen LogP contribution in [-0.4, -0.2) is 23.4 Å². The van der Waals surface area contributed by atoms with Gasteiger partial charge in [-0.15, -0.1) is 0 Å². The third-order valence-electron chi connectivity index (χ3n) is 2.49. The minimum atomic E-state index is -0.107. The van der Waals surface area contributed by atoms with Gasteiger partial charge in [-0.25, -0.2) is 0 Å². The Balaban J connectivity index is 2.47. The number of benzene rings is 1. The summed E-state index contributed by atoms with van der Waals surface area (Å²) >= 11 is 0. The average Bonchev–Trinajstić information content (AvgIpc) is 2.17. The van der Waals surface area contributed by atoms with Crippen LogP contribution in [0.3, 0.4) is 0 Å². The number of rotatable bonds is 1. The Hall–Kier alpha value is -1.06. The van der Waals surface area contributed by atoms with Crippen LogP contribution in [0.5, 0.6) is 5.75 Å². The van der Waals surface area contributed by atoms with E-state index >= 15 is 0 Å². The third-order valence-corrected chi connectivity index (χ3v) is 2.49. The van der Waals surface area contributed by atoms with Crippen molar-refractivity contribution in [2.75, 3.05) is 13.2 Å². The van der Waals surface area contributed by atoms with E-state index in [1.54, 1.807) is 6.07 Å². The monoisotopic (exact) mass is 179 g/mol. The van der Waals surface area contributed by atoms with Gasteiger partial charge in [-0.2, -0.15) is 0 Å². The van der Waals surface area contributed by atoms with Crippen LogP contribution in [-0.2, 0) is 6.42 Å². The lowest BCUT2D eigenvalue weighted by molar-refractivity contribution is 0.237. The second-order valence-corrected chi connectivity index (χ2v) is 3.29. The van der Waals surface area contributed by atoms with Gasteiger partial charge in [0.15, 0.2) is 0 Å². The molecule has 1 atom stereocenters. The van der Waals surface area contributed by atoms with Gasteiger partial charge >= 0.3 is 0 Å². The Morgan fingerprint density at radius 2 is 2.31 bits per heavy atom. The van der Waals surface area contributed by atoms with Crippen LogP contribution in [0, 0.1) is 0 Å². The van der Waals surface area contributed by atoms with E-state index in [9.17, 15) is 5.11 Å². The van der Waals surface area contributed by atoms with Crippen molar-refractivity contribution in [2.45, 2.75) is 12.5 Å². The Morgan fingerprint density at radius 1 is 1.46 bits per heavy atom. The van der Waals surface area contributed by atoms with Crippen LogP contribution >= 0.6 is 0 Å². The fourth-order valence-electron chi connectivity index (χ4n) is 1.86. The third kappa shape index (κ3) is 1.41. The summed E-state index contributed by atoms with van der Waals surface area (Å²) in [5.74, 6) is 0.281. The summed E-state index contributed by atoms with van der Waals surface area (Å²) in [6.07, 6.45) is 0.917. The lowest BCUT2D eigenvalue weighted by Crippen LogP contribution is -2.32. The Morgan fingerprint density at radius 3 is 3.08 bits per heavy atom. The van der Waals surface area contributed by atoms with Gasteiger partial charge in [-0.1, -0.05) is 12.1 Å². The van der Waals surface area contributed by atoms with Crippen molar-refractivity contribution in [3.05, 3.63) is 29.3 Å². The lowest BCUT2D eigenvalue weighted by atomic mass is 9.94. The first-order valence-corrected chi connectivity index (χ1v) is 4.48. The molecule has 13 heavy (non-hydrogen) atoms. The zero-order valence-electron chi connectivity index (χ0n) is 7.33. The Kier molecular flexibility index (Phi) is 2.20. The van der Waals surface area contributed by atoms with E-state index in [0.717, 1.165) is 24.1 Å². The van der Waals surface area contributed by atoms with Gasteiger partial charge < -0.3 is 15.5 Å². The fourth-order valence-corrected chi connectivity index (χ4v) is 1.86. The molecule has 1 aliphatic heterocycles. The second-order valence-electron chi connectivity index (χ2n) is 3.29. The number of aromatic hydroxyl groups is 1. The van der Waals surface area contributed by atoms with Crippen LogP contribution in [0.4, 0.5) is 0 Å². The Labute approximate surface area is 77.0 Å². The zero-order chi connectivity index (χ0) is 9.26. The largest absolute Gasteiger partial charge is 0.508 e. The topological polar surface area (TPSA) is 52.5 Å². The number of fused-ring (bicyclic) bond motifs is 1. The van der Waals surface area contributed by atoms with Crippen molar-refractivity contribution in [3.8, 4) is 5.75 Å². The summed E-state index contributed by atoms with van der Waals surface area (Å²) in [5.41, 5.74) is 1.99. The van der Waals surface area contributed by atoms with Crippen LogP contribution in [0.2, 0.25) is 0 Å². The number of hydrogen-bond acceptors (Lipinski definition) is 3. The summed E-state index contributed by atoms with van der Waals surface area (Å²) in [7, 11) is 0. The summed E-state index contributed by atoms with van der Waals surface area (Å²) < 4.78 is 0. The number of phenols is 1. The highest BCUT2D eigenvalue weighted by molar-refractivity contribution is 5.43. The van der Waals surface area contributed by atoms with Gasteiger partial charge in [0.1, 0.15) is 5.75 Å². The minimum Gasteiger partial charge on any atom is -0.508 e. The smallest absolute Gasteiger partial charge is 0.120 e. The van der Waals surface area contributed by atoms with Gasteiger partial charge in [0, 0.05) is 5.56 Å². The minimum absolute atomic E-state index is 0.0323. The molecule has 1 aliphatic rings. The van der Waals surface area contributed by atoms with E-state index in [4.69, 9.17) is 5.11 Å². The van der Waals surface area contributed by atoms with Crippen LogP contribution in [0.15, 0.2) is 18.2 Å². The van der Waals surface area contributed by atoms with Crippen molar-refractivity contribution in [1.82, 2.24) is 5.32 Å². The van der Waals surface area contributed by atoms with Crippen molar-refractivity contribution in [2.24, 2.45) is 0 Å². The van der Waals surface area contributed by atoms with Gasteiger partial charge in [0.2, 0.25) is 0 Å². The molecule has 1 heterocycles. The molecule has 1 aromatic rings. The van der Waals surface area contributed by atoms with Gasteiger partial charge in [-0.05, 0) is 24.6 Å². The predicted molar refractivity (Wildman–Crippen MR) is 49.6 cm³/mol. The maximum atomic E-state index is 9.61. The van der Waals surface area contributed by atoms with Gasteiger partial charge in [0.05, 0.1) is 12.6 Å². The number of aliphatic hydroxyl groups is 1. The molecule has 3 nitrogen and oxygen atoms in total. The first-order chi connectivity index (χ1) is 6.33. The van der Waals surface area contributed by atoms with Crippen LogP contribution < -0.4 is 5.32 Å². The molecule has 0 saturated heterocycles. The maximum absolute atomic E-state index is 9.61. The molecule has 0 fully saturated rings. The van der Waals surface area contributed by atoms with E-state index < -0.39 is 0 Å². The molecule has 70 valence electrons. The summed E-state index contributed by atoms with van der Waals surface area (Å²) in [4.78, 5) is 0. The number of aliphatic hydroxyl groups excluding tert-OH is 1. The summed E-state index contributed by atoms with van der Waals surface area (Å²) in [6, 6.07) is 5.39. The highest BCUT2D eigenvalue weighted by atomic mass is 16.3. The molecule has 0 unspecified atom stereocenters. The molecule has 0 aliphatic carbocycles. The molecule has 0 bridgehead atoms. The normalized spacial score (nSPS) is 21.2. The SMILES string of the molecule is OC[C@H]1NCCc2cccc(O)c21. The van der Waals surface area contributed by atoms with E-state index in [-0.39, 0.29) is 18.4 Å². The van der Waals surface area contributed by atoms with E-state index in [1.165, 1.54) is 0 Å². The first kappa shape index (κ1) is 8.53. The molecule has 2 rings (SSSR count). The molecule has 3 heteroatoms. The highest BCUT2D eigenvalue weighted by Gasteiger charge is 2.21. The van der Waals surface area contributed by atoms with Gasteiger partial charge in [-0.3, -0.25) is 0 Å². The molecule has 0 amide bonds. The standard InChI is InChI=1S/C10H13NO2/c12-6-8-10-7(4-5-11-8)2-1-3-9(10)13/h1-3,8,11-13H,4-6H2/t8-/m1/s1. The summed E-state index contributed by atoms with van der Waals surface area (Å²) in [5, 5.41) is 21.9. The van der Waals surface area contributed by atoms with E-state index in [0.29, 0.717) is 0 Å². The van der Waals surface area contributed by atoms with Crippen molar-refractivity contribution in [3.63, 3.8) is 0 Å². The fraction of sp³-hybridized carbons (Fsp3) is 0.400. The molecule has 0 radical (unpaired) electrons. The lowest BCUT2D eigenvalue weighted by Gasteiger charge is -2.25. The number of phenolic OH excluding ortho intramolecular Hbond substituents is 1. The average molecular weight is 179 g/mol. The number of hydrogen-bond donors (Lipinski definition) is 3. The van der Waals surface area contributed by atoms with E-state index in [1.807, 2.05) is 12.1 Å². The van der Waals surface area contributed by atoms with Crippen molar-refractivity contribution in [1.29, 1.82) is 0 Å². The first-order valence-electron chi connectivity index (χ1n) is 4.48. The molecule has 1 aromatic carbocycles. The molecule has 0 saturated carbocycles. The van der Waals surface area contributed by atoms with Crippen LogP contribution in [0.25, 0.3) is 0 Å². The van der Waals surface area contributed by atoms with Crippen molar-refractivity contribution < 1.29 is 10.2 Å².